The maximum Gasteiger partial charge on any atom is 0.312 e. The molecule has 7 atom stereocenters. The molecule has 1 N–H and O–H groups in total. The number of hydrogen-bond donors (Lipinski definition) is 1. The van der Waals surface area contributed by atoms with Gasteiger partial charge in [-0.15, -0.1) is 13.2 Å². The van der Waals surface area contributed by atoms with Crippen molar-refractivity contribution in [1.29, 1.82) is 0 Å². The Morgan fingerprint density at radius 1 is 1.19 bits per heavy atom. The number of carbonyl (C=O) groups is 3. The second kappa shape index (κ2) is 12.3. The number of aliphatic hydroxyl groups excluding tert-OH is 1. The van der Waals surface area contributed by atoms with Crippen molar-refractivity contribution in [3.63, 3.8) is 0 Å². The van der Waals surface area contributed by atoms with E-state index in [1.807, 2.05) is 44.2 Å². The van der Waals surface area contributed by atoms with Gasteiger partial charge in [-0.05, 0) is 49.8 Å². The predicted octanol–water partition coefficient (Wildman–Crippen LogP) is 5.11. The number of benzene rings is 2. The van der Waals surface area contributed by atoms with Crippen LogP contribution in [0.4, 0.5) is 5.69 Å². The molecule has 0 aliphatic carbocycles. The van der Waals surface area contributed by atoms with Crippen LogP contribution in [0.5, 0.6) is 0 Å². The van der Waals surface area contributed by atoms with Gasteiger partial charge in [0.15, 0.2) is 0 Å². The zero-order chi connectivity index (χ0) is 30.9. The van der Waals surface area contributed by atoms with Crippen molar-refractivity contribution < 1.29 is 29.0 Å². The zero-order valence-electron chi connectivity index (χ0n) is 24.7. The molecule has 2 bridgehead atoms. The van der Waals surface area contributed by atoms with Gasteiger partial charge >= 0.3 is 5.97 Å². The maximum absolute atomic E-state index is 14.9. The quantitative estimate of drug-likeness (QED) is 0.205. The number of esters is 1. The number of hydrogen-bond acceptors (Lipinski definition) is 6. The topological polar surface area (TPSA) is 96.4 Å². The summed E-state index contributed by atoms with van der Waals surface area (Å²) >= 11 is 6.58. The minimum absolute atomic E-state index is 0.124. The van der Waals surface area contributed by atoms with Gasteiger partial charge < -0.3 is 24.4 Å². The molecule has 3 heterocycles. The Morgan fingerprint density at radius 2 is 1.88 bits per heavy atom. The molecule has 1 spiro atoms. The van der Waals surface area contributed by atoms with Crippen LogP contribution in [-0.2, 0) is 23.9 Å². The van der Waals surface area contributed by atoms with Crippen molar-refractivity contribution in [2.75, 3.05) is 24.7 Å². The Kier molecular flexibility index (Phi) is 8.84. The number of unbranched alkanes of at least 4 members (excludes halogenated alkanes) is 1. The van der Waals surface area contributed by atoms with E-state index < -0.39 is 59.5 Å². The average molecular weight is 607 g/mol. The molecule has 3 saturated heterocycles. The number of anilines is 1. The fourth-order valence-electron chi connectivity index (χ4n) is 7.42. The summed E-state index contributed by atoms with van der Waals surface area (Å²) in [6.07, 6.45) is 5.03. The first-order valence-corrected chi connectivity index (χ1v) is 15.2. The summed E-state index contributed by atoms with van der Waals surface area (Å²) in [7, 11) is 0. The van der Waals surface area contributed by atoms with Crippen LogP contribution in [-0.4, -0.2) is 64.8 Å². The normalized spacial score (nSPS) is 29.7. The van der Waals surface area contributed by atoms with Crippen LogP contribution in [0.1, 0.15) is 44.7 Å². The SMILES string of the molecule is C=CCCCOC(=O)[C@@H]1[C@H]2C(=O)N([C@H](CO)c3ccccc3)C(C(=O)N(CC=C)c3ccccc3Cl)C23CC(C)[C@@]1(C)O3. The first-order valence-electron chi connectivity index (χ1n) is 14.8. The van der Waals surface area contributed by atoms with E-state index in [1.165, 1.54) is 9.80 Å². The van der Waals surface area contributed by atoms with Crippen molar-refractivity contribution >= 4 is 35.1 Å². The number of amides is 2. The number of allylic oxidation sites excluding steroid dienone is 1. The molecule has 5 rings (SSSR count). The number of fused-ring (bicyclic) bond motifs is 1. The van der Waals surface area contributed by atoms with Crippen molar-refractivity contribution in [3.05, 3.63) is 90.5 Å². The molecule has 8 nitrogen and oxygen atoms in total. The van der Waals surface area contributed by atoms with Gasteiger partial charge in [0.1, 0.15) is 17.6 Å². The van der Waals surface area contributed by atoms with E-state index in [2.05, 4.69) is 13.2 Å². The minimum Gasteiger partial charge on any atom is -0.465 e. The Bertz CT molecular complexity index is 1400. The summed E-state index contributed by atoms with van der Waals surface area (Å²) in [5, 5.41) is 11.1. The van der Waals surface area contributed by atoms with Crippen molar-refractivity contribution in [1.82, 2.24) is 4.90 Å². The molecule has 3 fully saturated rings. The van der Waals surface area contributed by atoms with E-state index in [-0.39, 0.29) is 19.1 Å². The summed E-state index contributed by atoms with van der Waals surface area (Å²) in [6, 6.07) is 14.1. The molecule has 2 aromatic rings. The highest BCUT2D eigenvalue weighted by molar-refractivity contribution is 6.34. The molecule has 2 amide bonds. The molecule has 3 aliphatic heterocycles. The van der Waals surface area contributed by atoms with Crippen LogP contribution in [0, 0.1) is 17.8 Å². The highest BCUT2D eigenvalue weighted by Crippen LogP contribution is 2.66. The lowest BCUT2D eigenvalue weighted by Gasteiger charge is -2.39. The largest absolute Gasteiger partial charge is 0.465 e. The lowest BCUT2D eigenvalue weighted by molar-refractivity contribution is -0.162. The number of aliphatic hydroxyl groups is 1. The van der Waals surface area contributed by atoms with Crippen LogP contribution in [0.25, 0.3) is 0 Å². The van der Waals surface area contributed by atoms with E-state index in [1.54, 1.807) is 36.4 Å². The molecule has 3 unspecified atom stereocenters. The average Bonchev–Trinajstić information content (AvgIpc) is 3.52. The Morgan fingerprint density at radius 3 is 2.53 bits per heavy atom. The van der Waals surface area contributed by atoms with Crippen molar-refractivity contribution in [2.45, 2.75) is 56.4 Å². The van der Waals surface area contributed by atoms with Crippen LogP contribution in [0.2, 0.25) is 5.02 Å². The van der Waals surface area contributed by atoms with Gasteiger partial charge in [0.2, 0.25) is 5.91 Å². The van der Waals surface area contributed by atoms with Gasteiger partial charge in [-0.2, -0.15) is 0 Å². The van der Waals surface area contributed by atoms with Crippen LogP contribution in [0.15, 0.2) is 79.9 Å². The number of likely N-dealkylation sites (tertiary alicyclic amines) is 1. The smallest absolute Gasteiger partial charge is 0.312 e. The third-order valence-corrected chi connectivity index (χ3v) is 9.77. The predicted molar refractivity (Wildman–Crippen MR) is 164 cm³/mol. The lowest BCUT2D eigenvalue weighted by atomic mass is 9.62. The summed E-state index contributed by atoms with van der Waals surface area (Å²) in [5.41, 5.74) is -1.21. The highest BCUT2D eigenvalue weighted by Gasteiger charge is 2.81. The van der Waals surface area contributed by atoms with Gasteiger partial charge in [0.05, 0.1) is 41.5 Å². The monoisotopic (exact) mass is 606 g/mol. The zero-order valence-corrected chi connectivity index (χ0v) is 25.4. The molecule has 0 saturated carbocycles. The van der Waals surface area contributed by atoms with Crippen molar-refractivity contribution in [3.8, 4) is 0 Å². The van der Waals surface area contributed by atoms with Crippen LogP contribution >= 0.6 is 11.6 Å². The van der Waals surface area contributed by atoms with E-state index in [9.17, 15) is 19.5 Å². The van der Waals surface area contributed by atoms with E-state index in [0.717, 1.165) is 0 Å². The molecule has 228 valence electrons. The van der Waals surface area contributed by atoms with E-state index in [0.29, 0.717) is 35.5 Å². The molecular weight excluding hydrogens is 568 g/mol. The number of para-hydroxylation sites is 1. The molecule has 3 aliphatic rings. The number of rotatable bonds is 12. The third kappa shape index (κ3) is 4.99. The van der Waals surface area contributed by atoms with E-state index in [4.69, 9.17) is 21.1 Å². The molecular formula is C34H39ClN2O6. The first kappa shape index (κ1) is 31.0. The maximum atomic E-state index is 14.9. The molecule has 0 aromatic heterocycles. The number of nitrogens with zero attached hydrogens (tertiary/aromatic N) is 2. The fraction of sp³-hybridized carbons (Fsp3) is 0.441. The van der Waals surface area contributed by atoms with Gasteiger partial charge in [-0.25, -0.2) is 0 Å². The Balaban J connectivity index is 1.65. The van der Waals surface area contributed by atoms with Gasteiger partial charge in [0, 0.05) is 6.54 Å². The second-order valence-corrected chi connectivity index (χ2v) is 12.3. The second-order valence-electron chi connectivity index (χ2n) is 11.8. The molecule has 0 radical (unpaired) electrons. The lowest BCUT2D eigenvalue weighted by Crippen LogP contribution is -2.57. The molecule has 2 aromatic carbocycles. The fourth-order valence-corrected chi connectivity index (χ4v) is 7.66. The highest BCUT2D eigenvalue weighted by atomic mass is 35.5. The van der Waals surface area contributed by atoms with Gasteiger partial charge in [-0.3, -0.25) is 14.4 Å². The van der Waals surface area contributed by atoms with Crippen LogP contribution in [0.3, 0.4) is 0 Å². The summed E-state index contributed by atoms with van der Waals surface area (Å²) < 4.78 is 12.5. The van der Waals surface area contributed by atoms with Gasteiger partial charge in [0.25, 0.3) is 5.91 Å². The number of ether oxygens (including phenoxy) is 2. The van der Waals surface area contributed by atoms with Gasteiger partial charge in [-0.1, -0.05) is 73.1 Å². The summed E-state index contributed by atoms with van der Waals surface area (Å²) in [5.74, 6) is -3.40. The number of carbonyl (C=O) groups excluding carboxylic acids is 3. The summed E-state index contributed by atoms with van der Waals surface area (Å²) in [6.45, 7) is 11.3. The molecule has 43 heavy (non-hydrogen) atoms. The third-order valence-electron chi connectivity index (χ3n) is 9.45. The number of halogens is 1. The van der Waals surface area contributed by atoms with Crippen molar-refractivity contribution in [2.24, 2.45) is 17.8 Å². The molecule has 9 heteroatoms. The Labute approximate surface area is 257 Å². The Hall–Kier alpha value is -3.46. The van der Waals surface area contributed by atoms with E-state index >= 15 is 0 Å². The summed E-state index contributed by atoms with van der Waals surface area (Å²) in [4.78, 5) is 46.3. The van der Waals surface area contributed by atoms with Crippen LogP contribution < -0.4 is 4.90 Å². The minimum atomic E-state index is -1.32. The standard InChI is InChI=1S/C34H39ClN2O6/c1-5-7-13-19-42-32(41)28-27-30(39)37(26(21-38)23-14-9-8-10-15-23)29(34(27)20-22(3)33(28,4)43-34)31(40)36(18-6-2)25-17-12-11-16-24(25)35/h5-6,8-12,14-17,22,26-29,38H,1-2,7,13,18-21H2,3-4H3/t22?,26-,27+,28+,29?,33-,34?/m1/s1. The first-order chi connectivity index (χ1) is 20.7.